The van der Waals surface area contributed by atoms with Crippen LogP contribution in [-0.2, 0) is 4.74 Å². The molecule has 0 unspecified atom stereocenters. The van der Waals surface area contributed by atoms with Gasteiger partial charge in [0, 0.05) is 18.5 Å². The minimum absolute atomic E-state index is 0.000578. The highest BCUT2D eigenvalue weighted by Crippen LogP contribution is 2.37. The smallest absolute Gasteiger partial charge is 0.218 e. The first-order chi connectivity index (χ1) is 11.0. The van der Waals surface area contributed by atoms with E-state index in [0.29, 0.717) is 17.3 Å². The van der Waals surface area contributed by atoms with Crippen molar-refractivity contribution in [1.29, 1.82) is 0 Å². The number of hydrogen-bond donors (Lipinski definition) is 3. The van der Waals surface area contributed by atoms with Crippen molar-refractivity contribution in [1.82, 2.24) is 10.3 Å². The zero-order valence-electron chi connectivity index (χ0n) is 13.2. The second-order valence-electron chi connectivity index (χ2n) is 5.85. The van der Waals surface area contributed by atoms with E-state index in [1.807, 2.05) is 26.0 Å². The van der Waals surface area contributed by atoms with Crippen LogP contribution in [0.25, 0.3) is 10.9 Å². The highest BCUT2D eigenvalue weighted by atomic mass is 32.1. The summed E-state index contributed by atoms with van der Waals surface area (Å²) in [6.45, 7) is 5.43. The van der Waals surface area contributed by atoms with E-state index < -0.39 is 0 Å². The van der Waals surface area contributed by atoms with Gasteiger partial charge in [0.25, 0.3) is 0 Å². The molecule has 1 aromatic carbocycles. The lowest BCUT2D eigenvalue weighted by Gasteiger charge is -2.09. The van der Waals surface area contributed by atoms with Gasteiger partial charge in [-0.1, -0.05) is 11.6 Å². The molecule has 3 N–H and O–H groups in total. The molecule has 1 fully saturated rings. The van der Waals surface area contributed by atoms with E-state index in [-0.39, 0.29) is 12.0 Å². The highest BCUT2D eigenvalue weighted by Gasteiger charge is 2.16. The van der Waals surface area contributed by atoms with Crippen molar-refractivity contribution >= 4 is 33.9 Å². The summed E-state index contributed by atoms with van der Waals surface area (Å²) < 4.78 is 5.52. The van der Waals surface area contributed by atoms with Gasteiger partial charge < -0.3 is 20.1 Å². The number of fused-ring (bicyclic) bond motifs is 1. The van der Waals surface area contributed by atoms with E-state index in [0.717, 1.165) is 41.5 Å². The Morgan fingerprint density at radius 3 is 3.04 bits per heavy atom. The number of azo groups is 1. The molecule has 7 heteroatoms. The molecule has 0 saturated carbocycles. The fourth-order valence-corrected chi connectivity index (χ4v) is 2.99. The largest absolute Gasteiger partial charge is 0.493 e. The van der Waals surface area contributed by atoms with Crippen LogP contribution < -0.4 is 5.32 Å². The first-order valence-electron chi connectivity index (χ1n) is 7.67. The fourth-order valence-electron chi connectivity index (χ4n) is 2.86. The van der Waals surface area contributed by atoms with Crippen LogP contribution in [0.4, 0.5) is 5.69 Å². The van der Waals surface area contributed by atoms with Crippen LogP contribution in [0.3, 0.4) is 0 Å². The Balaban J connectivity index is 1.75. The van der Waals surface area contributed by atoms with Crippen molar-refractivity contribution in [3.05, 3.63) is 23.3 Å². The maximum atomic E-state index is 10.1. The Labute approximate surface area is 139 Å². The Kier molecular flexibility index (Phi) is 4.58. The van der Waals surface area contributed by atoms with Gasteiger partial charge in [-0.25, -0.2) is 0 Å². The number of benzene rings is 1. The van der Waals surface area contributed by atoms with Crippen LogP contribution in [0.1, 0.15) is 24.0 Å². The number of H-pyrrole nitrogens is 1. The topological polar surface area (TPSA) is 82.0 Å². The summed E-state index contributed by atoms with van der Waals surface area (Å²) >= 11 is 5.16. The van der Waals surface area contributed by atoms with Crippen LogP contribution in [-0.4, -0.2) is 34.5 Å². The second kappa shape index (κ2) is 6.64. The van der Waals surface area contributed by atoms with E-state index in [2.05, 4.69) is 20.5 Å². The SMILES string of the molecule is Cc1cc(C)c2[nH]c(O)c(N=NC(=S)NC[C@@H]3CCCO3)c2c1. The van der Waals surface area contributed by atoms with Crippen molar-refractivity contribution in [2.75, 3.05) is 13.2 Å². The molecular weight excluding hydrogens is 312 g/mol. The van der Waals surface area contributed by atoms with Crippen LogP contribution in [0.5, 0.6) is 5.88 Å². The first-order valence-corrected chi connectivity index (χ1v) is 8.08. The standard InChI is InChI=1S/C16H20N4O2S/c1-9-6-10(2)13-12(7-9)14(15(21)18-13)19-20-16(23)17-8-11-4-3-5-22-11/h6-7,11,18,21H,3-5,8H2,1-2H3,(H,17,23)/t11-/m0/s1. The molecular formula is C16H20N4O2S. The molecule has 1 atom stereocenters. The summed E-state index contributed by atoms with van der Waals surface area (Å²) in [7, 11) is 0. The summed E-state index contributed by atoms with van der Waals surface area (Å²) in [5.74, 6) is -0.000578. The summed E-state index contributed by atoms with van der Waals surface area (Å²) in [6, 6.07) is 4.02. The second-order valence-corrected chi connectivity index (χ2v) is 6.23. The number of aromatic amines is 1. The summed E-state index contributed by atoms with van der Waals surface area (Å²) in [5, 5.41) is 22.4. The molecule has 1 aliphatic rings. The molecule has 0 bridgehead atoms. The van der Waals surface area contributed by atoms with E-state index >= 15 is 0 Å². The molecule has 2 aromatic rings. The average molecular weight is 332 g/mol. The van der Waals surface area contributed by atoms with Gasteiger partial charge in [-0.2, -0.15) is 0 Å². The molecule has 6 nitrogen and oxygen atoms in total. The van der Waals surface area contributed by atoms with Gasteiger partial charge in [0.05, 0.1) is 11.6 Å². The predicted molar refractivity (Wildman–Crippen MR) is 93.5 cm³/mol. The van der Waals surface area contributed by atoms with Gasteiger partial charge in [0.15, 0.2) is 5.69 Å². The van der Waals surface area contributed by atoms with Crippen molar-refractivity contribution in [3.63, 3.8) is 0 Å². The highest BCUT2D eigenvalue weighted by molar-refractivity contribution is 7.80. The number of nitrogens with one attached hydrogen (secondary N) is 2. The van der Waals surface area contributed by atoms with Crippen molar-refractivity contribution in [2.24, 2.45) is 10.2 Å². The molecule has 1 aromatic heterocycles. The van der Waals surface area contributed by atoms with E-state index in [9.17, 15) is 5.11 Å². The van der Waals surface area contributed by atoms with Crippen LogP contribution in [0.15, 0.2) is 22.4 Å². The van der Waals surface area contributed by atoms with E-state index in [1.165, 1.54) is 0 Å². The predicted octanol–water partition coefficient (Wildman–Crippen LogP) is 3.63. The molecule has 0 spiro atoms. The number of aromatic nitrogens is 1. The molecule has 1 aliphatic heterocycles. The minimum Gasteiger partial charge on any atom is -0.493 e. The van der Waals surface area contributed by atoms with Crippen molar-refractivity contribution in [2.45, 2.75) is 32.8 Å². The lowest BCUT2D eigenvalue weighted by atomic mass is 10.1. The van der Waals surface area contributed by atoms with Gasteiger partial charge >= 0.3 is 0 Å². The lowest BCUT2D eigenvalue weighted by molar-refractivity contribution is 0.114. The van der Waals surface area contributed by atoms with E-state index in [4.69, 9.17) is 17.0 Å². The monoisotopic (exact) mass is 332 g/mol. The summed E-state index contributed by atoms with van der Waals surface area (Å²) in [6.07, 6.45) is 2.31. The Morgan fingerprint density at radius 2 is 2.30 bits per heavy atom. The zero-order valence-corrected chi connectivity index (χ0v) is 14.0. The van der Waals surface area contributed by atoms with Crippen LogP contribution in [0.2, 0.25) is 0 Å². The Hall–Kier alpha value is -1.99. The molecule has 1 saturated heterocycles. The van der Waals surface area contributed by atoms with Crippen LogP contribution in [0, 0.1) is 13.8 Å². The zero-order chi connectivity index (χ0) is 16.4. The number of aryl methyl sites for hydroxylation is 2. The van der Waals surface area contributed by atoms with Gasteiger partial charge in [-0.3, -0.25) is 0 Å². The van der Waals surface area contributed by atoms with Gasteiger partial charge in [-0.05, 0) is 50.5 Å². The average Bonchev–Trinajstić information content (AvgIpc) is 3.11. The third-order valence-electron chi connectivity index (χ3n) is 3.95. The molecule has 23 heavy (non-hydrogen) atoms. The minimum atomic E-state index is -0.000578. The molecule has 3 rings (SSSR count). The third kappa shape index (κ3) is 3.51. The quantitative estimate of drug-likeness (QED) is 0.592. The van der Waals surface area contributed by atoms with E-state index in [1.54, 1.807) is 0 Å². The number of thiocarbonyl (C=S) groups is 1. The van der Waals surface area contributed by atoms with Gasteiger partial charge in [0.1, 0.15) is 0 Å². The summed E-state index contributed by atoms with van der Waals surface area (Å²) in [4.78, 5) is 2.94. The fraction of sp³-hybridized carbons (Fsp3) is 0.438. The number of ether oxygens (including phenoxy) is 1. The molecule has 0 radical (unpaired) electrons. The maximum Gasteiger partial charge on any atom is 0.218 e. The number of rotatable bonds is 3. The molecule has 0 aliphatic carbocycles. The maximum absolute atomic E-state index is 10.1. The number of aromatic hydroxyl groups is 1. The van der Waals surface area contributed by atoms with Gasteiger partial charge in [-0.15, -0.1) is 10.2 Å². The third-order valence-corrected chi connectivity index (χ3v) is 4.17. The van der Waals surface area contributed by atoms with Crippen molar-refractivity contribution in [3.8, 4) is 5.88 Å². The number of nitrogens with zero attached hydrogens (tertiary/aromatic N) is 2. The molecule has 2 heterocycles. The van der Waals surface area contributed by atoms with Gasteiger partial charge in [0.2, 0.25) is 11.0 Å². The Bertz CT molecular complexity index is 763. The molecule has 0 amide bonds. The Morgan fingerprint density at radius 1 is 1.48 bits per heavy atom. The first kappa shape index (κ1) is 15.9. The number of hydrogen-bond acceptors (Lipinski definition) is 4. The van der Waals surface area contributed by atoms with Crippen molar-refractivity contribution < 1.29 is 9.84 Å². The van der Waals surface area contributed by atoms with Crippen LogP contribution >= 0.6 is 12.2 Å². The normalized spacial score (nSPS) is 18.1. The molecule has 122 valence electrons. The lowest BCUT2D eigenvalue weighted by Crippen LogP contribution is -2.29. The summed E-state index contributed by atoms with van der Waals surface area (Å²) in [5.41, 5.74) is 3.42.